The molecule has 4 aromatic carbocycles. The minimum Gasteiger partial charge on any atom is -0.246 e. The summed E-state index contributed by atoms with van der Waals surface area (Å²) in [6.45, 7) is 0. The van der Waals surface area contributed by atoms with Crippen molar-refractivity contribution in [2.75, 3.05) is 0 Å². The van der Waals surface area contributed by atoms with E-state index in [-0.39, 0.29) is 0 Å². The molecule has 3 aromatic heterocycles. The molecule has 0 aliphatic carbocycles. The van der Waals surface area contributed by atoms with Crippen LogP contribution in [-0.2, 0) is 0 Å². The fraction of sp³-hybridized carbons (Fsp3) is 0. The molecule has 0 spiro atoms. The molecule has 0 aliphatic rings. The van der Waals surface area contributed by atoms with E-state index in [2.05, 4.69) is 103 Å². The summed E-state index contributed by atoms with van der Waals surface area (Å²) in [6, 6.07) is 47.8. The van der Waals surface area contributed by atoms with E-state index >= 15 is 0 Å². The van der Waals surface area contributed by atoms with Gasteiger partial charge in [0.2, 0.25) is 0 Å². The van der Waals surface area contributed by atoms with Crippen LogP contribution in [0.1, 0.15) is 0 Å². The average Bonchev–Trinajstić information content (AvgIpc) is 3.01. The van der Waals surface area contributed by atoms with E-state index in [1.165, 1.54) is 5.56 Å². The number of hydrogen-bond acceptors (Lipinski definition) is 3. The van der Waals surface area contributed by atoms with E-state index in [9.17, 15) is 0 Å². The molecule has 0 atom stereocenters. The Hall–Kier alpha value is -5.15. The Morgan fingerprint density at radius 1 is 0.289 bits per heavy atom. The van der Waals surface area contributed by atoms with Crippen LogP contribution in [-0.4, -0.2) is 15.0 Å². The van der Waals surface area contributed by atoms with Crippen molar-refractivity contribution in [2.24, 2.45) is 0 Å². The molecule has 0 aliphatic heterocycles. The van der Waals surface area contributed by atoms with Gasteiger partial charge in [0.25, 0.3) is 0 Å². The van der Waals surface area contributed by atoms with Gasteiger partial charge in [0, 0.05) is 21.9 Å². The predicted molar refractivity (Wildman–Crippen MR) is 157 cm³/mol. The van der Waals surface area contributed by atoms with Gasteiger partial charge in [-0.2, -0.15) is 0 Å². The second-order valence-corrected chi connectivity index (χ2v) is 9.29. The van der Waals surface area contributed by atoms with E-state index in [4.69, 9.17) is 15.0 Å². The van der Waals surface area contributed by atoms with Crippen LogP contribution in [0.25, 0.3) is 66.8 Å². The van der Waals surface area contributed by atoms with Crippen molar-refractivity contribution in [3.8, 4) is 45.0 Å². The lowest BCUT2D eigenvalue weighted by molar-refractivity contribution is 1.27. The zero-order valence-electron chi connectivity index (χ0n) is 20.6. The number of hydrogen-bond donors (Lipinski definition) is 0. The first-order valence-corrected chi connectivity index (χ1v) is 12.7. The van der Waals surface area contributed by atoms with Gasteiger partial charge in [-0.25, -0.2) is 15.0 Å². The van der Waals surface area contributed by atoms with Crippen molar-refractivity contribution in [1.82, 2.24) is 15.0 Å². The van der Waals surface area contributed by atoms with Gasteiger partial charge in [0.15, 0.2) is 0 Å². The SMILES string of the molecule is c1ccc(-c2ccc3ccc4ccc(-c5cccc(-c6ccccc6-c6ccccc6)n5)nc4c3n2)cc1. The van der Waals surface area contributed by atoms with Gasteiger partial charge in [0.05, 0.1) is 33.8 Å². The lowest BCUT2D eigenvalue weighted by Crippen LogP contribution is -1.94. The molecule has 0 bridgehead atoms. The monoisotopic (exact) mass is 485 g/mol. The molecule has 38 heavy (non-hydrogen) atoms. The molecule has 0 saturated heterocycles. The fourth-order valence-corrected chi connectivity index (χ4v) is 4.98. The molecule has 3 nitrogen and oxygen atoms in total. The molecule has 7 rings (SSSR count). The van der Waals surface area contributed by atoms with Crippen LogP contribution < -0.4 is 0 Å². The molecule has 7 aromatic rings. The standard InChI is InChI=1S/C35H23N3/c1-3-10-24(11-4-1)28-14-7-8-15-29(28)31-16-9-17-32(36-31)33-23-21-27-19-18-26-20-22-30(25-12-5-2-6-13-25)37-34(26)35(27)38-33/h1-23H. The first kappa shape index (κ1) is 22.1. The van der Waals surface area contributed by atoms with Gasteiger partial charge in [0.1, 0.15) is 0 Å². The minimum atomic E-state index is 0.830. The fourth-order valence-electron chi connectivity index (χ4n) is 4.98. The molecule has 3 heteroatoms. The van der Waals surface area contributed by atoms with E-state index in [0.717, 1.165) is 61.3 Å². The van der Waals surface area contributed by atoms with Crippen LogP contribution in [0, 0.1) is 0 Å². The summed E-state index contributed by atoms with van der Waals surface area (Å²) in [5.74, 6) is 0. The van der Waals surface area contributed by atoms with Crippen molar-refractivity contribution in [2.45, 2.75) is 0 Å². The van der Waals surface area contributed by atoms with Crippen LogP contribution in [0.15, 0.2) is 140 Å². The van der Waals surface area contributed by atoms with E-state index in [0.29, 0.717) is 0 Å². The Bertz CT molecular complexity index is 1910. The number of fused-ring (bicyclic) bond motifs is 3. The Labute approximate surface area is 221 Å². The summed E-state index contributed by atoms with van der Waals surface area (Å²) >= 11 is 0. The zero-order valence-corrected chi connectivity index (χ0v) is 20.6. The van der Waals surface area contributed by atoms with Crippen molar-refractivity contribution >= 4 is 21.8 Å². The quantitative estimate of drug-likeness (QED) is 0.234. The van der Waals surface area contributed by atoms with Crippen molar-refractivity contribution < 1.29 is 0 Å². The third-order valence-electron chi connectivity index (χ3n) is 6.89. The van der Waals surface area contributed by atoms with Gasteiger partial charge in [-0.1, -0.05) is 115 Å². The van der Waals surface area contributed by atoms with Gasteiger partial charge >= 0.3 is 0 Å². The molecule has 0 N–H and O–H groups in total. The lowest BCUT2D eigenvalue weighted by atomic mass is 9.97. The number of benzene rings is 4. The lowest BCUT2D eigenvalue weighted by Gasteiger charge is -2.11. The summed E-state index contributed by atoms with van der Waals surface area (Å²) in [5.41, 5.74) is 9.83. The van der Waals surface area contributed by atoms with Gasteiger partial charge < -0.3 is 0 Å². The largest absolute Gasteiger partial charge is 0.246 e. The van der Waals surface area contributed by atoms with Crippen molar-refractivity contribution in [3.05, 3.63) is 140 Å². The van der Waals surface area contributed by atoms with Crippen LogP contribution in [0.4, 0.5) is 0 Å². The Kier molecular flexibility index (Phi) is 5.45. The highest BCUT2D eigenvalue weighted by atomic mass is 14.8. The first-order chi connectivity index (χ1) is 18.8. The minimum absolute atomic E-state index is 0.830. The number of nitrogens with zero attached hydrogens (tertiary/aromatic N) is 3. The summed E-state index contributed by atoms with van der Waals surface area (Å²) in [7, 11) is 0. The highest BCUT2D eigenvalue weighted by Gasteiger charge is 2.12. The van der Waals surface area contributed by atoms with Crippen LogP contribution in [0.3, 0.4) is 0 Å². The molecule has 3 heterocycles. The summed E-state index contributed by atoms with van der Waals surface area (Å²) in [4.78, 5) is 15.2. The van der Waals surface area contributed by atoms with E-state index in [1.807, 2.05) is 36.4 Å². The molecule has 0 saturated carbocycles. The summed E-state index contributed by atoms with van der Waals surface area (Å²) < 4.78 is 0. The molecule has 0 fully saturated rings. The molecular formula is C35H23N3. The molecule has 0 radical (unpaired) electrons. The topological polar surface area (TPSA) is 38.7 Å². The van der Waals surface area contributed by atoms with E-state index in [1.54, 1.807) is 0 Å². The summed E-state index contributed by atoms with van der Waals surface area (Å²) in [6.07, 6.45) is 0. The molecule has 0 amide bonds. The normalized spacial score (nSPS) is 11.2. The average molecular weight is 486 g/mol. The number of aromatic nitrogens is 3. The zero-order chi connectivity index (χ0) is 25.3. The summed E-state index contributed by atoms with van der Waals surface area (Å²) in [5, 5.41) is 2.13. The van der Waals surface area contributed by atoms with Crippen LogP contribution in [0.5, 0.6) is 0 Å². The van der Waals surface area contributed by atoms with Gasteiger partial charge in [-0.3, -0.25) is 0 Å². The van der Waals surface area contributed by atoms with E-state index < -0.39 is 0 Å². The Morgan fingerprint density at radius 2 is 0.789 bits per heavy atom. The number of rotatable bonds is 4. The Morgan fingerprint density at radius 3 is 1.50 bits per heavy atom. The highest BCUT2D eigenvalue weighted by molar-refractivity contribution is 6.04. The third kappa shape index (κ3) is 4.00. The van der Waals surface area contributed by atoms with Gasteiger partial charge in [-0.05, 0) is 35.4 Å². The smallest absolute Gasteiger partial charge is 0.0973 e. The first-order valence-electron chi connectivity index (χ1n) is 12.7. The van der Waals surface area contributed by atoms with Crippen LogP contribution >= 0.6 is 0 Å². The maximum absolute atomic E-state index is 5.10. The maximum atomic E-state index is 5.10. The Balaban J connectivity index is 1.36. The van der Waals surface area contributed by atoms with Crippen molar-refractivity contribution in [1.29, 1.82) is 0 Å². The molecule has 178 valence electrons. The number of pyridine rings is 3. The predicted octanol–water partition coefficient (Wildman–Crippen LogP) is 8.85. The second-order valence-electron chi connectivity index (χ2n) is 9.29. The maximum Gasteiger partial charge on any atom is 0.0973 e. The third-order valence-corrected chi connectivity index (χ3v) is 6.89. The van der Waals surface area contributed by atoms with Crippen molar-refractivity contribution in [3.63, 3.8) is 0 Å². The molecular weight excluding hydrogens is 462 g/mol. The highest BCUT2D eigenvalue weighted by Crippen LogP contribution is 2.33. The molecule has 0 unspecified atom stereocenters. The second kappa shape index (κ2) is 9.38. The van der Waals surface area contributed by atoms with Gasteiger partial charge in [-0.15, -0.1) is 0 Å². The van der Waals surface area contributed by atoms with Crippen LogP contribution in [0.2, 0.25) is 0 Å².